The predicted octanol–water partition coefficient (Wildman–Crippen LogP) is 2.44. The highest BCUT2D eigenvalue weighted by atomic mass is 32.1. The van der Waals surface area contributed by atoms with Gasteiger partial charge in [-0.3, -0.25) is 9.59 Å². The van der Waals surface area contributed by atoms with Crippen molar-refractivity contribution in [2.24, 2.45) is 11.7 Å². The van der Waals surface area contributed by atoms with Crippen LogP contribution in [0.15, 0.2) is 30.3 Å². The Labute approximate surface area is 163 Å². The summed E-state index contributed by atoms with van der Waals surface area (Å²) in [5.41, 5.74) is 9.36. The number of nitrogens with zero attached hydrogens (tertiary/aromatic N) is 1. The van der Waals surface area contributed by atoms with Crippen LogP contribution in [0.5, 0.6) is 0 Å². The maximum atomic E-state index is 13.1. The first-order chi connectivity index (χ1) is 13.2. The zero-order valence-electron chi connectivity index (χ0n) is 15.4. The van der Waals surface area contributed by atoms with Gasteiger partial charge in [0.1, 0.15) is 0 Å². The van der Waals surface area contributed by atoms with E-state index in [1.165, 1.54) is 21.6 Å². The van der Waals surface area contributed by atoms with Crippen LogP contribution in [0.1, 0.15) is 33.6 Å². The molecule has 2 aromatic rings. The fraction of sp³-hybridized carbons (Fsp3) is 0.429. The molecule has 1 saturated heterocycles. The molecule has 3 N–H and O–H groups in total. The van der Waals surface area contributed by atoms with Crippen molar-refractivity contribution in [3.05, 3.63) is 46.3 Å². The molecule has 6 heteroatoms. The van der Waals surface area contributed by atoms with Gasteiger partial charge in [0.15, 0.2) is 0 Å². The Morgan fingerprint density at radius 1 is 1.22 bits per heavy atom. The van der Waals surface area contributed by atoms with Gasteiger partial charge in [0.05, 0.1) is 10.8 Å². The summed E-state index contributed by atoms with van der Waals surface area (Å²) in [6.45, 7) is 2.14. The van der Waals surface area contributed by atoms with Crippen LogP contribution in [0.4, 0.5) is 0 Å². The van der Waals surface area contributed by atoms with Crippen LogP contribution < -0.4 is 11.1 Å². The Hall–Kier alpha value is -2.18. The minimum Gasteiger partial charge on any atom is -0.355 e. The summed E-state index contributed by atoms with van der Waals surface area (Å²) in [6.07, 6.45) is 3.70. The molecule has 1 unspecified atom stereocenters. The fourth-order valence-electron chi connectivity index (χ4n) is 4.05. The number of aryl methyl sites for hydroxylation is 2. The Kier molecular flexibility index (Phi) is 5.27. The van der Waals surface area contributed by atoms with E-state index >= 15 is 0 Å². The van der Waals surface area contributed by atoms with Gasteiger partial charge in [-0.15, -0.1) is 11.3 Å². The van der Waals surface area contributed by atoms with E-state index in [0.717, 1.165) is 37.1 Å². The first-order valence-corrected chi connectivity index (χ1v) is 10.5. The van der Waals surface area contributed by atoms with Crippen molar-refractivity contribution < 1.29 is 9.59 Å². The number of hydrogen-bond donors (Lipinski definition) is 2. The largest absolute Gasteiger partial charge is 0.355 e. The van der Waals surface area contributed by atoms with Crippen LogP contribution in [0.25, 0.3) is 10.4 Å². The molecule has 0 spiro atoms. The van der Waals surface area contributed by atoms with Crippen molar-refractivity contribution >= 4 is 23.2 Å². The number of nitrogens with one attached hydrogen (secondary N) is 1. The third-order valence-electron chi connectivity index (χ3n) is 5.47. The number of benzene rings is 1. The van der Waals surface area contributed by atoms with E-state index in [2.05, 4.69) is 35.6 Å². The molecule has 2 aliphatic rings. The molecule has 2 heterocycles. The van der Waals surface area contributed by atoms with Gasteiger partial charge in [0.25, 0.3) is 5.91 Å². The number of hydrogen-bond acceptors (Lipinski definition) is 4. The number of nitrogens with two attached hydrogens (primary N) is 1. The zero-order chi connectivity index (χ0) is 18.8. The molecule has 2 amide bonds. The molecule has 5 nitrogen and oxygen atoms in total. The Morgan fingerprint density at radius 2 is 2.04 bits per heavy atom. The molecule has 1 aliphatic heterocycles. The standard InChI is InChI=1S/C21H25N3O2S/c22-9-10-23-20(25)16-5-3-11-24(13-16)21(26)18-12-15-8-7-14-4-1-2-6-17(14)19(15)27-18/h1-2,4,6,12,16H,3,5,7-11,13,22H2,(H,23,25). The molecular weight excluding hydrogens is 358 g/mol. The number of likely N-dealkylation sites (tertiary alicyclic amines) is 1. The summed E-state index contributed by atoms with van der Waals surface area (Å²) in [4.78, 5) is 29.2. The Bertz CT molecular complexity index is 861. The van der Waals surface area contributed by atoms with Crippen LogP contribution in [-0.4, -0.2) is 42.9 Å². The Morgan fingerprint density at radius 3 is 2.89 bits per heavy atom. The van der Waals surface area contributed by atoms with Crippen molar-refractivity contribution in [3.8, 4) is 10.4 Å². The molecule has 4 rings (SSSR count). The van der Waals surface area contributed by atoms with Gasteiger partial charge in [-0.2, -0.15) is 0 Å². The van der Waals surface area contributed by atoms with Crippen molar-refractivity contribution in [3.63, 3.8) is 0 Å². The van der Waals surface area contributed by atoms with E-state index in [4.69, 9.17) is 5.73 Å². The number of fused-ring (bicyclic) bond motifs is 3. The lowest BCUT2D eigenvalue weighted by Crippen LogP contribution is -2.46. The zero-order valence-corrected chi connectivity index (χ0v) is 16.2. The van der Waals surface area contributed by atoms with E-state index in [9.17, 15) is 9.59 Å². The van der Waals surface area contributed by atoms with Gasteiger partial charge < -0.3 is 16.0 Å². The molecule has 142 valence electrons. The van der Waals surface area contributed by atoms with E-state index in [-0.39, 0.29) is 17.7 Å². The lowest BCUT2D eigenvalue weighted by Gasteiger charge is -2.31. The lowest BCUT2D eigenvalue weighted by molar-refractivity contribution is -0.126. The summed E-state index contributed by atoms with van der Waals surface area (Å²) >= 11 is 1.59. The van der Waals surface area contributed by atoms with Crippen molar-refractivity contribution in [2.75, 3.05) is 26.2 Å². The van der Waals surface area contributed by atoms with Crippen LogP contribution in [0, 0.1) is 5.92 Å². The van der Waals surface area contributed by atoms with E-state index in [0.29, 0.717) is 19.6 Å². The van der Waals surface area contributed by atoms with Gasteiger partial charge in [-0.05, 0) is 48.4 Å². The summed E-state index contributed by atoms with van der Waals surface area (Å²) in [6, 6.07) is 10.5. The minimum atomic E-state index is -0.135. The van der Waals surface area contributed by atoms with Crippen LogP contribution >= 0.6 is 11.3 Å². The normalized spacial score (nSPS) is 18.6. The van der Waals surface area contributed by atoms with E-state index in [1.807, 2.05) is 4.90 Å². The summed E-state index contributed by atoms with van der Waals surface area (Å²) in [5, 5.41) is 2.85. The first kappa shape index (κ1) is 18.2. The Balaban J connectivity index is 1.51. The number of rotatable bonds is 4. The average molecular weight is 384 g/mol. The van der Waals surface area contributed by atoms with Gasteiger partial charge >= 0.3 is 0 Å². The van der Waals surface area contributed by atoms with Gasteiger partial charge in [-0.1, -0.05) is 24.3 Å². The summed E-state index contributed by atoms with van der Waals surface area (Å²) in [7, 11) is 0. The molecule has 0 bridgehead atoms. The highest BCUT2D eigenvalue weighted by Crippen LogP contribution is 2.40. The minimum absolute atomic E-state index is 0.0114. The molecule has 1 aromatic carbocycles. The molecule has 0 radical (unpaired) electrons. The molecule has 1 aliphatic carbocycles. The predicted molar refractivity (Wildman–Crippen MR) is 108 cm³/mol. The number of amides is 2. The van der Waals surface area contributed by atoms with E-state index in [1.54, 1.807) is 11.3 Å². The van der Waals surface area contributed by atoms with Crippen molar-refractivity contribution in [1.29, 1.82) is 0 Å². The fourth-order valence-corrected chi connectivity index (χ4v) is 5.29. The van der Waals surface area contributed by atoms with Crippen LogP contribution in [0.3, 0.4) is 0 Å². The van der Waals surface area contributed by atoms with Gasteiger partial charge in [0, 0.05) is 31.1 Å². The smallest absolute Gasteiger partial charge is 0.263 e. The molecular formula is C21H25N3O2S. The van der Waals surface area contributed by atoms with Crippen LogP contribution in [-0.2, 0) is 17.6 Å². The third kappa shape index (κ3) is 3.64. The number of carbonyl (C=O) groups is 2. The molecule has 27 heavy (non-hydrogen) atoms. The molecule has 1 atom stereocenters. The number of carbonyl (C=O) groups excluding carboxylic acids is 2. The van der Waals surface area contributed by atoms with E-state index < -0.39 is 0 Å². The molecule has 1 aromatic heterocycles. The summed E-state index contributed by atoms with van der Waals surface area (Å²) < 4.78 is 0. The second kappa shape index (κ2) is 7.82. The number of thiophene rings is 1. The average Bonchev–Trinajstić information content (AvgIpc) is 3.16. The third-order valence-corrected chi connectivity index (χ3v) is 6.67. The highest BCUT2D eigenvalue weighted by Gasteiger charge is 2.30. The quantitative estimate of drug-likeness (QED) is 0.851. The summed E-state index contributed by atoms with van der Waals surface area (Å²) in [5.74, 6) is -0.0647. The number of piperidine rings is 1. The SMILES string of the molecule is NCCNC(=O)C1CCCN(C(=O)c2cc3c(s2)-c2ccccc2CC3)C1. The maximum Gasteiger partial charge on any atom is 0.263 e. The first-order valence-electron chi connectivity index (χ1n) is 9.65. The van der Waals surface area contributed by atoms with Gasteiger partial charge in [-0.25, -0.2) is 0 Å². The monoisotopic (exact) mass is 383 g/mol. The van der Waals surface area contributed by atoms with Gasteiger partial charge in [0.2, 0.25) is 5.91 Å². The van der Waals surface area contributed by atoms with Crippen molar-refractivity contribution in [2.45, 2.75) is 25.7 Å². The topological polar surface area (TPSA) is 75.4 Å². The molecule has 1 fully saturated rings. The second-order valence-electron chi connectivity index (χ2n) is 7.29. The lowest BCUT2D eigenvalue weighted by atomic mass is 9.91. The maximum absolute atomic E-state index is 13.1. The highest BCUT2D eigenvalue weighted by molar-refractivity contribution is 7.17. The second-order valence-corrected chi connectivity index (χ2v) is 8.34. The van der Waals surface area contributed by atoms with Crippen LogP contribution in [0.2, 0.25) is 0 Å². The van der Waals surface area contributed by atoms with Crippen molar-refractivity contribution in [1.82, 2.24) is 10.2 Å². The molecule has 0 saturated carbocycles.